The number of aryl methyl sites for hydroxylation is 2. The normalized spacial score (nSPS) is 10.7. The highest BCUT2D eigenvalue weighted by Crippen LogP contribution is 2.28. The quantitative estimate of drug-likeness (QED) is 0.419. The molecule has 0 aliphatic carbocycles. The predicted molar refractivity (Wildman–Crippen MR) is 123 cm³/mol. The Morgan fingerprint density at radius 3 is 2.56 bits per heavy atom. The standard InChI is InChI=1S/C23H21N5O3S/c1-15-10-11-18(16(2)13-15)24-22(30)25-20(29)14-32-23-27-26-21(19-9-6-12-31-19)28(23)17-7-4-3-5-8-17/h3-13H,14H2,1-2H3,(H2,24,25,29,30). The number of hydrogen-bond donors (Lipinski definition) is 2. The molecule has 0 bridgehead atoms. The molecule has 4 rings (SSSR count). The van der Waals surface area contributed by atoms with E-state index < -0.39 is 11.9 Å². The van der Waals surface area contributed by atoms with Gasteiger partial charge in [0.05, 0.1) is 12.0 Å². The van der Waals surface area contributed by atoms with Crippen LogP contribution in [-0.4, -0.2) is 32.5 Å². The predicted octanol–water partition coefficient (Wildman–Crippen LogP) is 4.58. The molecule has 32 heavy (non-hydrogen) atoms. The van der Waals surface area contributed by atoms with Gasteiger partial charge in [0, 0.05) is 11.4 Å². The topological polar surface area (TPSA) is 102 Å². The third-order valence-electron chi connectivity index (χ3n) is 4.60. The largest absolute Gasteiger partial charge is 0.461 e. The monoisotopic (exact) mass is 447 g/mol. The Labute approximate surface area is 189 Å². The summed E-state index contributed by atoms with van der Waals surface area (Å²) in [6.07, 6.45) is 1.56. The van der Waals surface area contributed by atoms with Crippen LogP contribution in [0.15, 0.2) is 76.5 Å². The lowest BCUT2D eigenvalue weighted by Gasteiger charge is -2.10. The van der Waals surface area contributed by atoms with Gasteiger partial charge in [0.25, 0.3) is 0 Å². The molecule has 0 atom stereocenters. The number of rotatable bonds is 6. The highest BCUT2D eigenvalue weighted by Gasteiger charge is 2.19. The second-order valence-corrected chi connectivity index (χ2v) is 8.01. The maximum Gasteiger partial charge on any atom is 0.325 e. The summed E-state index contributed by atoms with van der Waals surface area (Å²) in [7, 11) is 0. The fraction of sp³-hybridized carbons (Fsp3) is 0.130. The number of hydrogen-bond acceptors (Lipinski definition) is 6. The van der Waals surface area contributed by atoms with Gasteiger partial charge in [-0.2, -0.15) is 0 Å². The lowest BCUT2D eigenvalue weighted by atomic mass is 10.1. The zero-order valence-corrected chi connectivity index (χ0v) is 18.3. The van der Waals surface area contributed by atoms with E-state index in [1.165, 1.54) is 11.8 Å². The van der Waals surface area contributed by atoms with Crippen molar-refractivity contribution in [3.05, 3.63) is 78.1 Å². The van der Waals surface area contributed by atoms with Gasteiger partial charge in [0.15, 0.2) is 10.9 Å². The van der Waals surface area contributed by atoms with Crippen molar-refractivity contribution in [1.29, 1.82) is 0 Å². The minimum absolute atomic E-state index is 0.0105. The van der Waals surface area contributed by atoms with Crippen molar-refractivity contribution in [3.8, 4) is 17.3 Å². The van der Waals surface area contributed by atoms with Crippen molar-refractivity contribution in [2.75, 3.05) is 11.1 Å². The van der Waals surface area contributed by atoms with E-state index in [0.29, 0.717) is 22.4 Å². The zero-order chi connectivity index (χ0) is 22.5. The Morgan fingerprint density at radius 1 is 1.03 bits per heavy atom. The number of imide groups is 1. The van der Waals surface area contributed by atoms with Gasteiger partial charge in [0.2, 0.25) is 11.7 Å². The molecule has 9 heteroatoms. The van der Waals surface area contributed by atoms with Crippen molar-refractivity contribution in [2.45, 2.75) is 19.0 Å². The fourth-order valence-corrected chi connectivity index (χ4v) is 3.89. The Kier molecular flexibility index (Phi) is 6.37. The number of thioether (sulfide) groups is 1. The van der Waals surface area contributed by atoms with E-state index in [2.05, 4.69) is 20.8 Å². The Morgan fingerprint density at radius 2 is 1.84 bits per heavy atom. The minimum Gasteiger partial charge on any atom is -0.461 e. The summed E-state index contributed by atoms with van der Waals surface area (Å²) in [5.74, 6) is 0.630. The number of para-hydroxylation sites is 1. The molecule has 0 fully saturated rings. The Bertz CT molecular complexity index is 1240. The van der Waals surface area contributed by atoms with Gasteiger partial charge < -0.3 is 9.73 Å². The molecule has 0 saturated carbocycles. The average molecular weight is 448 g/mol. The summed E-state index contributed by atoms with van der Waals surface area (Å²) in [5.41, 5.74) is 3.50. The smallest absolute Gasteiger partial charge is 0.325 e. The highest BCUT2D eigenvalue weighted by atomic mass is 32.2. The Hall–Kier alpha value is -3.85. The number of amides is 3. The summed E-state index contributed by atoms with van der Waals surface area (Å²) in [5, 5.41) is 14.0. The lowest BCUT2D eigenvalue weighted by molar-refractivity contribution is -0.117. The third kappa shape index (κ3) is 4.89. The van der Waals surface area contributed by atoms with Crippen LogP contribution < -0.4 is 10.6 Å². The summed E-state index contributed by atoms with van der Waals surface area (Å²) < 4.78 is 7.29. The molecule has 2 aromatic carbocycles. The fourth-order valence-electron chi connectivity index (χ4n) is 3.14. The first kappa shape index (κ1) is 21.4. The first-order chi connectivity index (χ1) is 15.5. The summed E-state index contributed by atoms with van der Waals surface area (Å²) in [6, 6.07) is 18.2. The molecule has 162 valence electrons. The van der Waals surface area contributed by atoms with Crippen LogP contribution in [0.3, 0.4) is 0 Å². The second kappa shape index (κ2) is 9.52. The van der Waals surface area contributed by atoms with E-state index in [9.17, 15) is 9.59 Å². The number of aromatic nitrogens is 3. The molecular weight excluding hydrogens is 426 g/mol. The molecule has 0 radical (unpaired) electrons. The van der Waals surface area contributed by atoms with Crippen LogP contribution in [0.25, 0.3) is 17.3 Å². The number of nitrogens with zero attached hydrogens (tertiary/aromatic N) is 3. The number of benzene rings is 2. The Balaban J connectivity index is 1.44. The van der Waals surface area contributed by atoms with Gasteiger partial charge in [-0.05, 0) is 49.7 Å². The summed E-state index contributed by atoms with van der Waals surface area (Å²) in [4.78, 5) is 24.6. The maximum atomic E-state index is 12.4. The molecular formula is C23H21N5O3S. The lowest BCUT2D eigenvalue weighted by Crippen LogP contribution is -2.35. The van der Waals surface area contributed by atoms with E-state index in [4.69, 9.17) is 4.42 Å². The highest BCUT2D eigenvalue weighted by molar-refractivity contribution is 7.99. The minimum atomic E-state index is -0.580. The van der Waals surface area contributed by atoms with Crippen LogP contribution in [0, 0.1) is 13.8 Å². The summed E-state index contributed by atoms with van der Waals surface area (Å²) >= 11 is 1.18. The molecule has 2 N–H and O–H groups in total. The van der Waals surface area contributed by atoms with Crippen molar-refractivity contribution >= 4 is 29.4 Å². The van der Waals surface area contributed by atoms with Gasteiger partial charge in [-0.3, -0.25) is 14.7 Å². The molecule has 0 saturated heterocycles. The van der Waals surface area contributed by atoms with Crippen LogP contribution >= 0.6 is 11.8 Å². The van der Waals surface area contributed by atoms with E-state index in [-0.39, 0.29) is 5.75 Å². The van der Waals surface area contributed by atoms with Crippen LogP contribution in [0.2, 0.25) is 0 Å². The van der Waals surface area contributed by atoms with Crippen LogP contribution in [0.5, 0.6) is 0 Å². The first-order valence-corrected chi connectivity index (χ1v) is 10.9. The van der Waals surface area contributed by atoms with Crippen molar-refractivity contribution < 1.29 is 14.0 Å². The molecule has 2 aromatic heterocycles. The van der Waals surface area contributed by atoms with E-state index in [1.54, 1.807) is 18.4 Å². The van der Waals surface area contributed by atoms with E-state index in [0.717, 1.165) is 16.8 Å². The van der Waals surface area contributed by atoms with Crippen molar-refractivity contribution in [1.82, 2.24) is 20.1 Å². The van der Waals surface area contributed by atoms with Crippen molar-refractivity contribution in [3.63, 3.8) is 0 Å². The molecule has 0 aliphatic rings. The number of anilines is 1. The van der Waals surface area contributed by atoms with Crippen LogP contribution in [0.4, 0.5) is 10.5 Å². The molecule has 4 aromatic rings. The third-order valence-corrected chi connectivity index (χ3v) is 5.53. The van der Waals surface area contributed by atoms with Gasteiger partial charge in [-0.1, -0.05) is 47.7 Å². The van der Waals surface area contributed by atoms with Crippen molar-refractivity contribution in [2.24, 2.45) is 0 Å². The molecule has 3 amide bonds. The molecule has 2 heterocycles. The van der Waals surface area contributed by atoms with Crippen LogP contribution in [0.1, 0.15) is 11.1 Å². The first-order valence-electron chi connectivity index (χ1n) is 9.87. The van der Waals surface area contributed by atoms with E-state index in [1.807, 2.05) is 66.9 Å². The SMILES string of the molecule is Cc1ccc(NC(=O)NC(=O)CSc2nnc(-c3ccco3)n2-c2ccccc2)c(C)c1. The number of nitrogens with one attached hydrogen (secondary N) is 2. The number of urea groups is 1. The maximum absolute atomic E-state index is 12.4. The number of furan rings is 1. The molecule has 8 nitrogen and oxygen atoms in total. The van der Waals surface area contributed by atoms with Gasteiger partial charge in [-0.25, -0.2) is 4.79 Å². The second-order valence-electron chi connectivity index (χ2n) is 7.06. The van der Waals surface area contributed by atoms with Crippen LogP contribution in [-0.2, 0) is 4.79 Å². The zero-order valence-electron chi connectivity index (χ0n) is 17.5. The summed E-state index contributed by atoms with van der Waals surface area (Å²) in [6.45, 7) is 3.87. The number of carbonyl (C=O) groups is 2. The molecule has 0 aliphatic heterocycles. The number of carbonyl (C=O) groups excluding carboxylic acids is 2. The molecule has 0 spiro atoms. The molecule has 0 unspecified atom stereocenters. The average Bonchev–Trinajstić information content (AvgIpc) is 3.44. The van der Waals surface area contributed by atoms with E-state index >= 15 is 0 Å². The van der Waals surface area contributed by atoms with Gasteiger partial charge in [-0.15, -0.1) is 10.2 Å². The van der Waals surface area contributed by atoms with Gasteiger partial charge in [0.1, 0.15) is 0 Å². The van der Waals surface area contributed by atoms with Gasteiger partial charge >= 0.3 is 6.03 Å².